The number of carbonyl (C=O) groups is 2. The van der Waals surface area contributed by atoms with Crippen molar-refractivity contribution in [2.45, 2.75) is 44.2 Å². The second-order valence-electron chi connectivity index (χ2n) is 8.53. The maximum Gasteiger partial charge on any atom is 0.247 e. The van der Waals surface area contributed by atoms with Gasteiger partial charge in [0.1, 0.15) is 6.04 Å². The average Bonchev–Trinajstić information content (AvgIpc) is 3.53. The van der Waals surface area contributed by atoms with Crippen LogP contribution in [-0.4, -0.2) is 47.5 Å². The number of hydrogen-bond acceptors (Lipinski definition) is 4. The molecule has 2 atom stereocenters. The van der Waals surface area contributed by atoms with Crippen LogP contribution < -0.4 is 10.6 Å². The van der Waals surface area contributed by atoms with Crippen LogP contribution in [0.2, 0.25) is 0 Å². The van der Waals surface area contributed by atoms with E-state index in [1.54, 1.807) is 4.90 Å². The molecule has 164 valence electrons. The summed E-state index contributed by atoms with van der Waals surface area (Å²) in [6.07, 6.45) is 3.88. The van der Waals surface area contributed by atoms with Crippen molar-refractivity contribution in [2.75, 3.05) is 25.0 Å². The first-order chi connectivity index (χ1) is 15.1. The molecular weight excluding hydrogens is 390 g/mol. The molecular formula is C25H31N3O3. The van der Waals surface area contributed by atoms with E-state index in [0.717, 1.165) is 55.5 Å². The van der Waals surface area contributed by atoms with Crippen molar-refractivity contribution >= 4 is 17.5 Å². The van der Waals surface area contributed by atoms with Crippen LogP contribution in [0.15, 0.2) is 54.6 Å². The summed E-state index contributed by atoms with van der Waals surface area (Å²) in [6.45, 7) is 1.96. The van der Waals surface area contributed by atoms with Gasteiger partial charge in [0.2, 0.25) is 11.8 Å². The van der Waals surface area contributed by atoms with Crippen LogP contribution in [0.4, 0.5) is 5.69 Å². The van der Waals surface area contributed by atoms with Crippen molar-refractivity contribution in [2.24, 2.45) is 5.92 Å². The summed E-state index contributed by atoms with van der Waals surface area (Å²) >= 11 is 0. The fourth-order valence-corrected chi connectivity index (χ4v) is 4.11. The highest BCUT2D eigenvalue weighted by Gasteiger charge is 2.40. The Labute approximate surface area is 183 Å². The molecule has 1 aliphatic heterocycles. The van der Waals surface area contributed by atoms with E-state index in [-0.39, 0.29) is 23.8 Å². The topological polar surface area (TPSA) is 81.7 Å². The fraction of sp³-hybridized carbons (Fsp3) is 0.440. The monoisotopic (exact) mass is 421 g/mol. The number of hydrogen-bond donors (Lipinski definition) is 3. The zero-order valence-corrected chi connectivity index (χ0v) is 17.8. The molecule has 0 unspecified atom stereocenters. The predicted molar refractivity (Wildman–Crippen MR) is 121 cm³/mol. The normalized spacial score (nSPS) is 19.3. The van der Waals surface area contributed by atoms with Gasteiger partial charge < -0.3 is 20.6 Å². The van der Waals surface area contributed by atoms with Crippen molar-refractivity contribution < 1.29 is 14.7 Å². The lowest BCUT2D eigenvalue weighted by molar-refractivity contribution is -0.137. The fourth-order valence-electron chi connectivity index (χ4n) is 4.11. The molecule has 0 radical (unpaired) electrons. The minimum atomic E-state index is -0.513. The molecule has 2 amide bonds. The number of rotatable bonds is 9. The number of anilines is 1. The Morgan fingerprint density at radius 1 is 1.03 bits per heavy atom. The Morgan fingerprint density at radius 2 is 1.77 bits per heavy atom. The quantitative estimate of drug-likeness (QED) is 0.544. The van der Waals surface area contributed by atoms with E-state index in [9.17, 15) is 14.7 Å². The first-order valence-corrected chi connectivity index (χ1v) is 11.3. The van der Waals surface area contributed by atoms with Crippen LogP contribution in [0.3, 0.4) is 0 Å². The van der Waals surface area contributed by atoms with Crippen molar-refractivity contribution in [1.29, 1.82) is 0 Å². The molecule has 6 heteroatoms. The van der Waals surface area contributed by atoms with E-state index < -0.39 is 6.10 Å². The average molecular weight is 422 g/mol. The number of benzene rings is 2. The molecule has 1 heterocycles. The Hall–Kier alpha value is -2.70. The summed E-state index contributed by atoms with van der Waals surface area (Å²) in [5.41, 5.74) is 2.83. The summed E-state index contributed by atoms with van der Waals surface area (Å²) in [4.78, 5) is 26.9. The zero-order chi connectivity index (χ0) is 21.6. The van der Waals surface area contributed by atoms with Gasteiger partial charge in [-0.25, -0.2) is 0 Å². The van der Waals surface area contributed by atoms with Gasteiger partial charge in [-0.3, -0.25) is 9.59 Å². The molecule has 2 aromatic carbocycles. The van der Waals surface area contributed by atoms with Crippen molar-refractivity contribution in [1.82, 2.24) is 10.2 Å². The third-order valence-electron chi connectivity index (χ3n) is 6.10. The molecule has 2 aromatic rings. The standard InChI is InChI=1S/C25H31N3O3/c29-23(19-5-2-1-3-6-19)17-26-15-14-18-8-12-21(13-9-18)27-24(30)22-7-4-16-28(22)25(31)20-10-11-20/h1-3,5-6,8-9,12-13,20,22-23,26,29H,4,7,10-11,14-17H2,(H,27,30)/t22-,23+/m1/s1. The van der Waals surface area contributed by atoms with E-state index >= 15 is 0 Å². The summed E-state index contributed by atoms with van der Waals surface area (Å²) < 4.78 is 0. The number of aliphatic hydroxyl groups is 1. The number of likely N-dealkylation sites (tertiary alicyclic amines) is 1. The molecule has 3 N–H and O–H groups in total. The Kier molecular flexibility index (Phi) is 6.99. The molecule has 6 nitrogen and oxygen atoms in total. The van der Waals surface area contributed by atoms with Gasteiger partial charge in [0.05, 0.1) is 6.10 Å². The van der Waals surface area contributed by atoms with Crippen LogP contribution in [-0.2, 0) is 16.0 Å². The lowest BCUT2D eigenvalue weighted by atomic mass is 10.1. The molecule has 4 rings (SSSR count). The van der Waals surface area contributed by atoms with E-state index in [1.165, 1.54) is 0 Å². The highest BCUT2D eigenvalue weighted by Crippen LogP contribution is 2.33. The van der Waals surface area contributed by atoms with Crippen LogP contribution in [0.1, 0.15) is 42.9 Å². The highest BCUT2D eigenvalue weighted by atomic mass is 16.3. The Morgan fingerprint density at radius 3 is 2.48 bits per heavy atom. The summed E-state index contributed by atoms with van der Waals surface area (Å²) in [6, 6.07) is 17.1. The molecule has 2 fully saturated rings. The summed E-state index contributed by atoms with van der Waals surface area (Å²) in [7, 11) is 0. The first kappa shape index (κ1) is 21.5. The SMILES string of the molecule is O=C(Nc1ccc(CCNC[C@H](O)c2ccccc2)cc1)[C@H]1CCCN1C(=O)C1CC1. The van der Waals surface area contributed by atoms with E-state index in [1.807, 2.05) is 54.6 Å². The van der Waals surface area contributed by atoms with Crippen molar-refractivity contribution in [3.05, 3.63) is 65.7 Å². The Balaban J connectivity index is 1.21. The summed E-state index contributed by atoms with van der Waals surface area (Å²) in [5.74, 6) is 0.212. The van der Waals surface area contributed by atoms with Gasteiger partial charge in [0.25, 0.3) is 0 Å². The van der Waals surface area contributed by atoms with Gasteiger partial charge in [-0.15, -0.1) is 0 Å². The van der Waals surface area contributed by atoms with Crippen LogP contribution in [0, 0.1) is 5.92 Å². The third-order valence-corrected chi connectivity index (χ3v) is 6.10. The number of nitrogens with one attached hydrogen (secondary N) is 2. The van der Waals surface area contributed by atoms with Gasteiger partial charge in [-0.2, -0.15) is 0 Å². The molecule has 0 aromatic heterocycles. The van der Waals surface area contributed by atoms with Crippen molar-refractivity contribution in [3.8, 4) is 0 Å². The summed E-state index contributed by atoms with van der Waals surface area (Å²) in [5, 5.41) is 16.4. The van der Waals surface area contributed by atoms with Gasteiger partial charge in [0.15, 0.2) is 0 Å². The highest BCUT2D eigenvalue weighted by molar-refractivity contribution is 5.98. The molecule has 1 saturated heterocycles. The van der Waals surface area contributed by atoms with Gasteiger partial charge in [0, 0.05) is 24.7 Å². The lowest BCUT2D eigenvalue weighted by Crippen LogP contribution is -2.43. The molecule has 0 spiro atoms. The minimum absolute atomic E-state index is 0.0872. The second-order valence-corrected chi connectivity index (χ2v) is 8.53. The maximum absolute atomic E-state index is 12.7. The second kappa shape index (κ2) is 10.1. The van der Waals surface area contributed by atoms with E-state index in [4.69, 9.17) is 0 Å². The predicted octanol–water partition coefficient (Wildman–Crippen LogP) is 2.89. The number of carbonyl (C=O) groups excluding carboxylic acids is 2. The van der Waals surface area contributed by atoms with E-state index in [2.05, 4.69) is 10.6 Å². The van der Waals surface area contributed by atoms with Gasteiger partial charge >= 0.3 is 0 Å². The van der Waals surface area contributed by atoms with Crippen LogP contribution in [0.25, 0.3) is 0 Å². The lowest BCUT2D eigenvalue weighted by Gasteiger charge is -2.24. The first-order valence-electron chi connectivity index (χ1n) is 11.3. The third kappa shape index (κ3) is 5.71. The van der Waals surface area contributed by atoms with E-state index in [0.29, 0.717) is 13.1 Å². The van der Waals surface area contributed by atoms with Crippen molar-refractivity contribution in [3.63, 3.8) is 0 Å². The smallest absolute Gasteiger partial charge is 0.247 e. The van der Waals surface area contributed by atoms with Crippen LogP contribution >= 0.6 is 0 Å². The number of amides is 2. The Bertz CT molecular complexity index is 881. The maximum atomic E-state index is 12.7. The minimum Gasteiger partial charge on any atom is -0.387 e. The zero-order valence-electron chi connectivity index (χ0n) is 17.8. The van der Waals surface area contributed by atoms with Gasteiger partial charge in [-0.1, -0.05) is 42.5 Å². The van der Waals surface area contributed by atoms with Gasteiger partial charge in [-0.05, 0) is 61.9 Å². The number of aliphatic hydroxyl groups excluding tert-OH is 1. The number of nitrogens with zero attached hydrogens (tertiary/aromatic N) is 1. The molecule has 31 heavy (non-hydrogen) atoms. The molecule has 1 saturated carbocycles. The largest absolute Gasteiger partial charge is 0.387 e. The van der Waals surface area contributed by atoms with Crippen LogP contribution in [0.5, 0.6) is 0 Å². The molecule has 0 bridgehead atoms. The molecule has 1 aliphatic carbocycles. The molecule has 2 aliphatic rings.